The largest absolute Gasteiger partial charge is 0.395 e. The van der Waals surface area contributed by atoms with E-state index in [4.69, 9.17) is 10.2 Å². The summed E-state index contributed by atoms with van der Waals surface area (Å²) in [4.78, 5) is 40.4. The van der Waals surface area contributed by atoms with Gasteiger partial charge in [-0.05, 0) is 18.1 Å². The fourth-order valence-corrected chi connectivity index (χ4v) is 2.91. The molecule has 130 valence electrons. The standard InChI is InChI=1S/C17H22N2O5/c1-11(2)14(17(24)18(7-9-20)8-10-21)19-15(22)12-5-3-4-6-13(12)16(19)23/h3-6,11,14,20-21H,7-10H2,1-2H3/t14-/m1/s1. The lowest BCUT2D eigenvalue weighted by molar-refractivity contribution is -0.137. The number of carbonyl (C=O) groups excluding carboxylic acids is 3. The van der Waals surface area contributed by atoms with Crippen molar-refractivity contribution in [1.29, 1.82) is 0 Å². The fraction of sp³-hybridized carbons (Fsp3) is 0.471. The van der Waals surface area contributed by atoms with E-state index in [0.717, 1.165) is 4.90 Å². The van der Waals surface area contributed by atoms with Gasteiger partial charge in [-0.1, -0.05) is 26.0 Å². The van der Waals surface area contributed by atoms with Gasteiger partial charge < -0.3 is 15.1 Å². The lowest BCUT2D eigenvalue weighted by Crippen LogP contribution is -2.54. The van der Waals surface area contributed by atoms with Gasteiger partial charge in [0.15, 0.2) is 0 Å². The lowest BCUT2D eigenvalue weighted by atomic mass is 10.0. The van der Waals surface area contributed by atoms with Crippen LogP contribution >= 0.6 is 0 Å². The number of hydrogen-bond acceptors (Lipinski definition) is 5. The van der Waals surface area contributed by atoms with Crippen LogP contribution in [0.4, 0.5) is 0 Å². The molecule has 2 N–H and O–H groups in total. The Morgan fingerprint density at radius 2 is 1.50 bits per heavy atom. The van der Waals surface area contributed by atoms with Crippen molar-refractivity contribution < 1.29 is 24.6 Å². The molecule has 0 saturated carbocycles. The molecule has 0 aliphatic carbocycles. The summed E-state index contributed by atoms with van der Waals surface area (Å²) in [6.45, 7) is 3.04. The molecule has 7 heteroatoms. The van der Waals surface area contributed by atoms with Crippen LogP contribution in [0.25, 0.3) is 0 Å². The summed E-state index contributed by atoms with van der Waals surface area (Å²) < 4.78 is 0. The van der Waals surface area contributed by atoms with Crippen LogP contribution < -0.4 is 0 Å². The number of imide groups is 1. The molecule has 0 aromatic heterocycles. The third-order valence-electron chi connectivity index (χ3n) is 4.04. The van der Waals surface area contributed by atoms with Crippen molar-refractivity contribution in [2.45, 2.75) is 19.9 Å². The maximum absolute atomic E-state index is 12.9. The van der Waals surface area contributed by atoms with E-state index in [-0.39, 0.29) is 43.3 Å². The van der Waals surface area contributed by atoms with E-state index >= 15 is 0 Å². The Bertz CT molecular complexity index is 603. The minimum atomic E-state index is -0.976. The molecule has 0 fully saturated rings. The fourth-order valence-electron chi connectivity index (χ4n) is 2.91. The number of nitrogens with zero attached hydrogens (tertiary/aromatic N) is 2. The highest BCUT2D eigenvalue weighted by Crippen LogP contribution is 2.28. The molecule has 1 atom stereocenters. The molecule has 0 bridgehead atoms. The monoisotopic (exact) mass is 334 g/mol. The minimum absolute atomic E-state index is 0.0335. The maximum atomic E-state index is 12.9. The van der Waals surface area contributed by atoms with Gasteiger partial charge >= 0.3 is 0 Å². The van der Waals surface area contributed by atoms with Crippen LogP contribution in [-0.2, 0) is 4.79 Å². The van der Waals surface area contributed by atoms with Crippen LogP contribution in [0.3, 0.4) is 0 Å². The zero-order valence-electron chi connectivity index (χ0n) is 13.8. The average Bonchev–Trinajstić information content (AvgIpc) is 2.80. The van der Waals surface area contributed by atoms with Crippen LogP contribution in [0.15, 0.2) is 24.3 Å². The lowest BCUT2D eigenvalue weighted by Gasteiger charge is -2.33. The number of hydrogen-bond donors (Lipinski definition) is 2. The van der Waals surface area contributed by atoms with Crippen molar-refractivity contribution in [1.82, 2.24) is 9.80 Å². The van der Waals surface area contributed by atoms with E-state index < -0.39 is 23.8 Å². The van der Waals surface area contributed by atoms with E-state index in [1.165, 1.54) is 4.90 Å². The van der Waals surface area contributed by atoms with Gasteiger partial charge in [-0.25, -0.2) is 0 Å². The van der Waals surface area contributed by atoms with Crippen LogP contribution in [0, 0.1) is 5.92 Å². The van der Waals surface area contributed by atoms with Gasteiger partial charge in [-0.3, -0.25) is 19.3 Å². The zero-order valence-corrected chi connectivity index (χ0v) is 13.8. The SMILES string of the molecule is CC(C)[C@H](C(=O)N(CCO)CCO)N1C(=O)c2ccccc2C1=O. The molecule has 1 aliphatic rings. The van der Waals surface area contributed by atoms with Crippen LogP contribution in [0.5, 0.6) is 0 Å². The number of carbonyl (C=O) groups is 3. The predicted molar refractivity (Wildman–Crippen MR) is 86.3 cm³/mol. The number of rotatable bonds is 7. The molecule has 0 spiro atoms. The van der Waals surface area contributed by atoms with Crippen LogP contribution in [0.2, 0.25) is 0 Å². The van der Waals surface area contributed by atoms with E-state index in [2.05, 4.69) is 0 Å². The third kappa shape index (κ3) is 3.18. The Kier molecular flexibility index (Phi) is 5.69. The van der Waals surface area contributed by atoms with E-state index in [0.29, 0.717) is 0 Å². The number of amides is 3. The summed E-state index contributed by atoms with van der Waals surface area (Å²) in [5.41, 5.74) is 0.577. The molecule has 1 aromatic rings. The molecule has 3 amide bonds. The number of aliphatic hydroxyl groups is 2. The first-order chi connectivity index (χ1) is 11.4. The summed E-state index contributed by atoms with van der Waals surface area (Å²) in [5, 5.41) is 18.2. The summed E-state index contributed by atoms with van der Waals surface area (Å²) in [6.07, 6.45) is 0. The number of benzene rings is 1. The first kappa shape index (κ1) is 18.1. The molecule has 0 saturated heterocycles. The molecule has 7 nitrogen and oxygen atoms in total. The Labute approximate surface area is 140 Å². The second-order valence-corrected chi connectivity index (χ2v) is 5.99. The second kappa shape index (κ2) is 7.55. The van der Waals surface area contributed by atoms with Crippen LogP contribution in [-0.4, -0.2) is 70.1 Å². The van der Waals surface area contributed by atoms with Gasteiger partial charge in [-0.15, -0.1) is 0 Å². The molecule has 1 heterocycles. The van der Waals surface area contributed by atoms with Gasteiger partial charge in [0.05, 0.1) is 24.3 Å². The second-order valence-electron chi connectivity index (χ2n) is 5.99. The van der Waals surface area contributed by atoms with Crippen molar-refractivity contribution in [3.05, 3.63) is 35.4 Å². The summed E-state index contributed by atoms with van der Waals surface area (Å²) in [7, 11) is 0. The molecule has 0 unspecified atom stereocenters. The smallest absolute Gasteiger partial charge is 0.262 e. The normalized spacial score (nSPS) is 15.0. The van der Waals surface area contributed by atoms with Crippen LogP contribution in [0.1, 0.15) is 34.6 Å². The third-order valence-corrected chi connectivity index (χ3v) is 4.04. The topological polar surface area (TPSA) is 98.2 Å². The van der Waals surface area contributed by atoms with Gasteiger partial charge in [-0.2, -0.15) is 0 Å². The van der Waals surface area contributed by atoms with Gasteiger partial charge in [0.25, 0.3) is 11.8 Å². The molecule has 2 rings (SSSR count). The Morgan fingerprint density at radius 1 is 1.04 bits per heavy atom. The Balaban J connectivity index is 2.37. The molecule has 1 aromatic carbocycles. The highest BCUT2D eigenvalue weighted by Gasteiger charge is 2.44. The van der Waals surface area contributed by atoms with E-state index in [9.17, 15) is 14.4 Å². The Morgan fingerprint density at radius 3 is 1.88 bits per heavy atom. The molecule has 0 radical (unpaired) electrons. The zero-order chi connectivity index (χ0) is 17.9. The predicted octanol–water partition coefficient (Wildman–Crippen LogP) is 0.120. The molecular formula is C17H22N2O5. The van der Waals surface area contributed by atoms with E-state index in [1.54, 1.807) is 38.1 Å². The quantitative estimate of drug-likeness (QED) is 0.690. The minimum Gasteiger partial charge on any atom is -0.395 e. The van der Waals surface area contributed by atoms with Crippen molar-refractivity contribution in [2.75, 3.05) is 26.3 Å². The first-order valence-corrected chi connectivity index (χ1v) is 7.91. The molecular weight excluding hydrogens is 312 g/mol. The average molecular weight is 334 g/mol. The highest BCUT2D eigenvalue weighted by molar-refractivity contribution is 6.22. The van der Waals surface area contributed by atoms with Crippen molar-refractivity contribution in [3.8, 4) is 0 Å². The molecule has 24 heavy (non-hydrogen) atoms. The van der Waals surface area contributed by atoms with Gasteiger partial charge in [0.2, 0.25) is 5.91 Å². The van der Waals surface area contributed by atoms with Crippen molar-refractivity contribution >= 4 is 17.7 Å². The Hall–Kier alpha value is -2.25. The summed E-state index contributed by atoms with van der Waals surface area (Å²) >= 11 is 0. The van der Waals surface area contributed by atoms with E-state index in [1.807, 2.05) is 0 Å². The maximum Gasteiger partial charge on any atom is 0.262 e. The number of fused-ring (bicyclic) bond motifs is 1. The first-order valence-electron chi connectivity index (χ1n) is 7.91. The number of aliphatic hydroxyl groups excluding tert-OH is 2. The van der Waals surface area contributed by atoms with Gasteiger partial charge in [0, 0.05) is 13.1 Å². The van der Waals surface area contributed by atoms with Crippen molar-refractivity contribution in [3.63, 3.8) is 0 Å². The summed E-state index contributed by atoms with van der Waals surface area (Å²) in [5.74, 6) is -1.74. The van der Waals surface area contributed by atoms with Crippen molar-refractivity contribution in [2.24, 2.45) is 5.92 Å². The molecule has 1 aliphatic heterocycles. The summed E-state index contributed by atoms with van der Waals surface area (Å²) in [6, 6.07) is 5.50. The highest BCUT2D eigenvalue weighted by atomic mass is 16.3. The van der Waals surface area contributed by atoms with Gasteiger partial charge in [0.1, 0.15) is 6.04 Å².